The van der Waals surface area contributed by atoms with Gasteiger partial charge in [-0.25, -0.2) is 4.39 Å². The summed E-state index contributed by atoms with van der Waals surface area (Å²) in [5.41, 5.74) is -1.18. The smallest absolute Gasteiger partial charge is 0.219 e. The molecule has 12 heavy (non-hydrogen) atoms. The summed E-state index contributed by atoms with van der Waals surface area (Å²) in [5, 5.41) is 0. The van der Waals surface area contributed by atoms with E-state index in [0.29, 0.717) is 19.5 Å². The Bertz CT molecular complexity index is 151. The number of hydrogen-bond acceptors (Lipinski definition) is 1. The predicted octanol–water partition coefficient (Wildman–Crippen LogP) is 1.99. The number of carbonyl (C=O) groups excluding carboxylic acids is 1. The van der Waals surface area contributed by atoms with Crippen molar-refractivity contribution in [2.45, 2.75) is 39.8 Å². The van der Waals surface area contributed by atoms with Crippen LogP contribution < -0.4 is 0 Å². The average molecular weight is 175 g/mol. The first-order chi connectivity index (χ1) is 5.37. The Hall–Kier alpha value is -0.600. The molecule has 0 heterocycles. The zero-order chi connectivity index (χ0) is 9.78. The second-order valence-electron chi connectivity index (χ2n) is 3.57. The van der Waals surface area contributed by atoms with Gasteiger partial charge in [0.05, 0.1) is 0 Å². The number of hydrogen-bond donors (Lipinski definition) is 0. The molecule has 0 atom stereocenters. The fourth-order valence-electron chi connectivity index (χ4n) is 0.939. The van der Waals surface area contributed by atoms with Crippen molar-refractivity contribution in [3.8, 4) is 0 Å². The number of amides is 1. The maximum Gasteiger partial charge on any atom is 0.219 e. The highest BCUT2D eigenvalue weighted by Crippen LogP contribution is 2.13. The van der Waals surface area contributed by atoms with Crippen LogP contribution in [-0.2, 0) is 4.79 Å². The second kappa shape index (κ2) is 4.43. The monoisotopic (exact) mass is 175 g/mol. The molecule has 3 heteroatoms. The lowest BCUT2D eigenvalue weighted by atomic mass is 10.1. The highest BCUT2D eigenvalue weighted by Gasteiger charge is 2.17. The van der Waals surface area contributed by atoms with E-state index < -0.39 is 5.67 Å². The van der Waals surface area contributed by atoms with Crippen molar-refractivity contribution >= 4 is 5.91 Å². The largest absolute Gasteiger partial charge is 0.343 e. The van der Waals surface area contributed by atoms with Crippen LogP contribution in [0.25, 0.3) is 0 Å². The van der Waals surface area contributed by atoms with Crippen molar-refractivity contribution in [1.29, 1.82) is 0 Å². The van der Waals surface area contributed by atoms with Gasteiger partial charge < -0.3 is 4.90 Å². The summed E-state index contributed by atoms with van der Waals surface area (Å²) in [5.74, 6) is 0.0155. The van der Waals surface area contributed by atoms with E-state index in [4.69, 9.17) is 0 Å². The molecule has 0 rings (SSSR count). The van der Waals surface area contributed by atoms with Gasteiger partial charge in [0.25, 0.3) is 0 Å². The molecule has 0 spiro atoms. The van der Waals surface area contributed by atoms with Gasteiger partial charge in [-0.15, -0.1) is 0 Å². The molecule has 0 saturated carbocycles. The van der Waals surface area contributed by atoms with Crippen molar-refractivity contribution < 1.29 is 9.18 Å². The first kappa shape index (κ1) is 11.4. The van der Waals surface area contributed by atoms with Gasteiger partial charge in [0.2, 0.25) is 5.91 Å². The van der Waals surface area contributed by atoms with Crippen LogP contribution >= 0.6 is 0 Å². The highest BCUT2D eigenvalue weighted by molar-refractivity contribution is 5.73. The van der Waals surface area contributed by atoms with Crippen LogP contribution in [0.3, 0.4) is 0 Å². The molecular weight excluding hydrogens is 157 g/mol. The van der Waals surface area contributed by atoms with Gasteiger partial charge in [-0.3, -0.25) is 4.79 Å². The summed E-state index contributed by atoms with van der Waals surface area (Å²) in [4.78, 5) is 12.5. The molecule has 0 radical (unpaired) electrons. The lowest BCUT2D eigenvalue weighted by Gasteiger charge is -2.22. The number of halogens is 1. The van der Waals surface area contributed by atoms with Crippen LogP contribution in [0.5, 0.6) is 0 Å². The SMILES string of the molecule is CCN(CCC(C)(C)F)C(C)=O. The standard InChI is InChI=1S/C9H18FNO/c1-5-11(8(2)12)7-6-9(3,4)10/h5-7H2,1-4H3. The number of alkyl halides is 1. The van der Waals surface area contributed by atoms with E-state index in [1.54, 1.807) is 4.90 Å². The molecule has 0 aromatic carbocycles. The van der Waals surface area contributed by atoms with E-state index in [-0.39, 0.29) is 5.91 Å². The first-order valence-corrected chi connectivity index (χ1v) is 4.31. The molecule has 72 valence electrons. The van der Waals surface area contributed by atoms with Crippen LogP contribution in [-0.4, -0.2) is 29.6 Å². The normalized spacial score (nSPS) is 11.4. The quantitative estimate of drug-likeness (QED) is 0.640. The zero-order valence-corrected chi connectivity index (χ0v) is 8.35. The molecule has 0 aliphatic carbocycles. The minimum absolute atomic E-state index is 0.0155. The molecule has 0 aliphatic rings. The Kier molecular flexibility index (Phi) is 4.21. The van der Waals surface area contributed by atoms with Gasteiger partial charge in [-0.2, -0.15) is 0 Å². The summed E-state index contributed by atoms with van der Waals surface area (Å²) in [7, 11) is 0. The van der Waals surface area contributed by atoms with Gasteiger partial charge in [-0.1, -0.05) is 0 Å². The van der Waals surface area contributed by atoms with Gasteiger partial charge >= 0.3 is 0 Å². The van der Waals surface area contributed by atoms with Crippen molar-refractivity contribution in [2.75, 3.05) is 13.1 Å². The Labute approximate surface area is 73.7 Å². The summed E-state index contributed by atoms with van der Waals surface area (Å²) >= 11 is 0. The van der Waals surface area contributed by atoms with Crippen LogP contribution in [0.2, 0.25) is 0 Å². The maximum atomic E-state index is 13.0. The molecular formula is C9H18FNO. The van der Waals surface area contributed by atoms with E-state index in [9.17, 15) is 9.18 Å². The van der Waals surface area contributed by atoms with Crippen LogP contribution in [0.4, 0.5) is 4.39 Å². The molecule has 0 saturated heterocycles. The Morgan fingerprint density at radius 2 is 2.00 bits per heavy atom. The zero-order valence-electron chi connectivity index (χ0n) is 8.35. The topological polar surface area (TPSA) is 20.3 Å². The fourth-order valence-corrected chi connectivity index (χ4v) is 0.939. The Morgan fingerprint density at radius 3 is 2.25 bits per heavy atom. The van der Waals surface area contributed by atoms with Crippen LogP contribution in [0.15, 0.2) is 0 Å². The first-order valence-electron chi connectivity index (χ1n) is 4.31. The third-order valence-corrected chi connectivity index (χ3v) is 1.80. The molecule has 0 aromatic heterocycles. The molecule has 0 bridgehead atoms. The van der Waals surface area contributed by atoms with E-state index in [0.717, 1.165) is 0 Å². The van der Waals surface area contributed by atoms with Gasteiger partial charge in [0.15, 0.2) is 0 Å². The van der Waals surface area contributed by atoms with E-state index in [2.05, 4.69) is 0 Å². The third-order valence-electron chi connectivity index (χ3n) is 1.80. The maximum absolute atomic E-state index is 13.0. The summed E-state index contributed by atoms with van der Waals surface area (Å²) in [6, 6.07) is 0. The van der Waals surface area contributed by atoms with Crippen molar-refractivity contribution in [3.05, 3.63) is 0 Å². The highest BCUT2D eigenvalue weighted by atomic mass is 19.1. The molecule has 0 N–H and O–H groups in total. The average Bonchev–Trinajstić information content (AvgIpc) is 1.85. The van der Waals surface area contributed by atoms with Gasteiger partial charge in [0.1, 0.15) is 5.67 Å². The summed E-state index contributed by atoms with van der Waals surface area (Å²) < 4.78 is 13.0. The molecule has 2 nitrogen and oxygen atoms in total. The van der Waals surface area contributed by atoms with Crippen LogP contribution in [0, 0.1) is 0 Å². The van der Waals surface area contributed by atoms with Crippen molar-refractivity contribution in [2.24, 2.45) is 0 Å². The van der Waals surface area contributed by atoms with Gasteiger partial charge in [-0.05, 0) is 27.2 Å². The van der Waals surface area contributed by atoms with Crippen molar-refractivity contribution in [1.82, 2.24) is 4.90 Å². The van der Waals surface area contributed by atoms with E-state index in [1.807, 2.05) is 6.92 Å². The van der Waals surface area contributed by atoms with E-state index >= 15 is 0 Å². The fraction of sp³-hybridized carbons (Fsp3) is 0.889. The molecule has 0 aliphatic heterocycles. The minimum Gasteiger partial charge on any atom is -0.343 e. The number of carbonyl (C=O) groups is 1. The Balaban J connectivity index is 3.81. The van der Waals surface area contributed by atoms with Gasteiger partial charge in [0, 0.05) is 20.0 Å². The molecule has 1 amide bonds. The minimum atomic E-state index is -1.18. The summed E-state index contributed by atoms with van der Waals surface area (Å²) in [6.07, 6.45) is 0.403. The molecule has 0 unspecified atom stereocenters. The number of nitrogens with zero attached hydrogens (tertiary/aromatic N) is 1. The predicted molar refractivity (Wildman–Crippen MR) is 47.7 cm³/mol. The number of rotatable bonds is 4. The lowest BCUT2D eigenvalue weighted by Crippen LogP contribution is -2.32. The molecule has 0 fully saturated rings. The molecule has 0 aromatic rings. The Morgan fingerprint density at radius 1 is 1.50 bits per heavy atom. The van der Waals surface area contributed by atoms with Crippen molar-refractivity contribution in [3.63, 3.8) is 0 Å². The van der Waals surface area contributed by atoms with E-state index in [1.165, 1.54) is 20.8 Å². The summed E-state index contributed by atoms with van der Waals surface area (Å²) in [6.45, 7) is 7.63. The lowest BCUT2D eigenvalue weighted by molar-refractivity contribution is -0.128. The third kappa shape index (κ3) is 5.10. The second-order valence-corrected chi connectivity index (χ2v) is 3.57. The van der Waals surface area contributed by atoms with Crippen LogP contribution in [0.1, 0.15) is 34.1 Å².